The molecule has 1 aliphatic heterocycles. The molecule has 3 heteroatoms. The van der Waals surface area contributed by atoms with Gasteiger partial charge in [-0.2, -0.15) is 0 Å². The lowest BCUT2D eigenvalue weighted by Crippen LogP contribution is -2.30. The summed E-state index contributed by atoms with van der Waals surface area (Å²) in [5.41, 5.74) is 1.27. The van der Waals surface area contributed by atoms with Gasteiger partial charge in [0.25, 0.3) is 0 Å². The molecule has 2 N–H and O–H groups in total. The molecule has 3 nitrogen and oxygen atoms in total. The summed E-state index contributed by atoms with van der Waals surface area (Å²) in [4.78, 5) is 0. The molecule has 1 saturated heterocycles. The van der Waals surface area contributed by atoms with Crippen LogP contribution in [-0.2, 0) is 6.54 Å². The Morgan fingerprint density at radius 1 is 1.24 bits per heavy atom. The fourth-order valence-electron chi connectivity index (χ4n) is 2.94. The van der Waals surface area contributed by atoms with Gasteiger partial charge < -0.3 is 15.4 Å². The predicted molar refractivity (Wildman–Crippen MR) is 87.8 cm³/mol. The van der Waals surface area contributed by atoms with Crippen molar-refractivity contribution in [3.05, 3.63) is 42.0 Å². The van der Waals surface area contributed by atoms with Gasteiger partial charge in [0.2, 0.25) is 0 Å². The van der Waals surface area contributed by atoms with Gasteiger partial charge in [0.15, 0.2) is 0 Å². The molecule has 2 aromatic rings. The van der Waals surface area contributed by atoms with Gasteiger partial charge in [-0.25, -0.2) is 0 Å². The van der Waals surface area contributed by atoms with Gasteiger partial charge in [0.05, 0.1) is 6.10 Å². The number of rotatable bonds is 5. The van der Waals surface area contributed by atoms with Crippen LogP contribution in [0.15, 0.2) is 36.4 Å². The molecule has 112 valence electrons. The van der Waals surface area contributed by atoms with Crippen molar-refractivity contribution in [3.8, 4) is 5.75 Å². The Labute approximate surface area is 126 Å². The van der Waals surface area contributed by atoms with Crippen LogP contribution in [0.5, 0.6) is 5.75 Å². The minimum atomic E-state index is 0.193. The van der Waals surface area contributed by atoms with Crippen LogP contribution < -0.4 is 15.4 Å². The van der Waals surface area contributed by atoms with E-state index in [0.29, 0.717) is 6.04 Å². The SMILES string of the molecule is CC(C)Oc1ccc2ccccc2c1CNC1CCNC1. The van der Waals surface area contributed by atoms with Gasteiger partial charge in [-0.05, 0) is 43.7 Å². The maximum Gasteiger partial charge on any atom is 0.124 e. The first kappa shape index (κ1) is 14.4. The number of ether oxygens (including phenoxy) is 1. The van der Waals surface area contributed by atoms with Crippen molar-refractivity contribution >= 4 is 10.8 Å². The average molecular weight is 284 g/mol. The lowest BCUT2D eigenvalue weighted by Gasteiger charge is -2.18. The molecule has 0 spiro atoms. The summed E-state index contributed by atoms with van der Waals surface area (Å²) in [6.45, 7) is 7.18. The van der Waals surface area contributed by atoms with E-state index in [1.807, 2.05) is 0 Å². The van der Waals surface area contributed by atoms with Crippen LogP contribution in [0.3, 0.4) is 0 Å². The highest BCUT2D eigenvalue weighted by Crippen LogP contribution is 2.29. The van der Waals surface area contributed by atoms with Gasteiger partial charge in [0, 0.05) is 24.7 Å². The van der Waals surface area contributed by atoms with Crippen molar-refractivity contribution in [2.45, 2.75) is 39.0 Å². The molecular formula is C18H24N2O. The second kappa shape index (κ2) is 6.46. The number of benzene rings is 2. The molecule has 1 atom stereocenters. The largest absolute Gasteiger partial charge is 0.491 e. The van der Waals surface area contributed by atoms with E-state index >= 15 is 0 Å². The van der Waals surface area contributed by atoms with Crippen molar-refractivity contribution in [2.24, 2.45) is 0 Å². The van der Waals surface area contributed by atoms with Crippen LogP contribution in [0.25, 0.3) is 10.8 Å². The van der Waals surface area contributed by atoms with E-state index in [0.717, 1.165) is 25.4 Å². The van der Waals surface area contributed by atoms with Crippen molar-refractivity contribution in [1.82, 2.24) is 10.6 Å². The van der Waals surface area contributed by atoms with E-state index < -0.39 is 0 Å². The van der Waals surface area contributed by atoms with Crippen LogP contribution in [0.2, 0.25) is 0 Å². The maximum absolute atomic E-state index is 6.01. The highest BCUT2D eigenvalue weighted by molar-refractivity contribution is 5.87. The third-order valence-corrected chi connectivity index (χ3v) is 3.99. The van der Waals surface area contributed by atoms with E-state index in [1.54, 1.807) is 0 Å². The normalized spacial score (nSPS) is 18.5. The highest BCUT2D eigenvalue weighted by Gasteiger charge is 2.16. The summed E-state index contributed by atoms with van der Waals surface area (Å²) in [6, 6.07) is 13.4. The van der Waals surface area contributed by atoms with Crippen molar-refractivity contribution in [3.63, 3.8) is 0 Å². The molecule has 1 fully saturated rings. The van der Waals surface area contributed by atoms with Gasteiger partial charge in [0.1, 0.15) is 5.75 Å². The Bertz CT molecular complexity index is 603. The van der Waals surface area contributed by atoms with Crippen LogP contribution in [0.4, 0.5) is 0 Å². The van der Waals surface area contributed by atoms with Crippen LogP contribution in [0.1, 0.15) is 25.8 Å². The zero-order chi connectivity index (χ0) is 14.7. The van der Waals surface area contributed by atoms with Crippen molar-refractivity contribution < 1.29 is 4.74 Å². The maximum atomic E-state index is 6.01. The average Bonchev–Trinajstić information content (AvgIpc) is 2.99. The van der Waals surface area contributed by atoms with Gasteiger partial charge in [-0.1, -0.05) is 30.3 Å². The quantitative estimate of drug-likeness (QED) is 0.885. The van der Waals surface area contributed by atoms with Gasteiger partial charge in [-0.15, -0.1) is 0 Å². The first-order valence-corrected chi connectivity index (χ1v) is 7.85. The molecule has 0 saturated carbocycles. The summed E-state index contributed by atoms with van der Waals surface area (Å²) in [6.07, 6.45) is 1.39. The highest BCUT2D eigenvalue weighted by atomic mass is 16.5. The molecular weight excluding hydrogens is 260 g/mol. The topological polar surface area (TPSA) is 33.3 Å². The fourth-order valence-corrected chi connectivity index (χ4v) is 2.94. The molecule has 0 aliphatic carbocycles. The lowest BCUT2D eigenvalue weighted by molar-refractivity contribution is 0.239. The molecule has 2 aromatic carbocycles. The van der Waals surface area contributed by atoms with E-state index in [2.05, 4.69) is 60.9 Å². The third kappa shape index (κ3) is 3.36. The Morgan fingerprint density at radius 3 is 2.86 bits per heavy atom. The summed E-state index contributed by atoms with van der Waals surface area (Å²) >= 11 is 0. The zero-order valence-corrected chi connectivity index (χ0v) is 12.9. The molecule has 3 rings (SSSR count). The molecule has 1 unspecified atom stereocenters. The number of nitrogens with one attached hydrogen (secondary N) is 2. The molecule has 0 bridgehead atoms. The number of fused-ring (bicyclic) bond motifs is 1. The van der Waals surface area contributed by atoms with Crippen molar-refractivity contribution in [2.75, 3.05) is 13.1 Å². The standard InChI is InChI=1S/C18H24N2O/c1-13(2)21-18-8-7-14-5-3-4-6-16(14)17(18)12-20-15-9-10-19-11-15/h3-8,13,15,19-20H,9-12H2,1-2H3. The molecule has 21 heavy (non-hydrogen) atoms. The van der Waals surface area contributed by atoms with Gasteiger partial charge in [-0.3, -0.25) is 0 Å². The zero-order valence-electron chi connectivity index (χ0n) is 12.9. The van der Waals surface area contributed by atoms with E-state index in [9.17, 15) is 0 Å². The molecule has 0 radical (unpaired) electrons. The molecule has 1 heterocycles. The van der Waals surface area contributed by atoms with E-state index in [1.165, 1.54) is 22.8 Å². The van der Waals surface area contributed by atoms with Crippen LogP contribution >= 0.6 is 0 Å². The predicted octanol–water partition coefficient (Wildman–Crippen LogP) is 3.08. The number of hydrogen-bond donors (Lipinski definition) is 2. The van der Waals surface area contributed by atoms with Crippen LogP contribution in [-0.4, -0.2) is 25.2 Å². The summed E-state index contributed by atoms with van der Waals surface area (Å²) in [5, 5.41) is 9.62. The van der Waals surface area contributed by atoms with Crippen LogP contribution in [0, 0.1) is 0 Å². The molecule has 0 aromatic heterocycles. The Morgan fingerprint density at radius 2 is 2.10 bits per heavy atom. The van der Waals surface area contributed by atoms with E-state index in [-0.39, 0.29) is 6.10 Å². The molecule has 0 amide bonds. The minimum Gasteiger partial charge on any atom is -0.491 e. The van der Waals surface area contributed by atoms with E-state index in [4.69, 9.17) is 4.74 Å². The van der Waals surface area contributed by atoms with Gasteiger partial charge >= 0.3 is 0 Å². The second-order valence-electron chi connectivity index (χ2n) is 6.00. The molecule has 1 aliphatic rings. The summed E-state index contributed by atoms with van der Waals surface area (Å²) in [5.74, 6) is 1.00. The monoisotopic (exact) mass is 284 g/mol. The Kier molecular flexibility index (Phi) is 4.42. The summed E-state index contributed by atoms with van der Waals surface area (Å²) < 4.78 is 6.01. The second-order valence-corrected chi connectivity index (χ2v) is 6.00. The fraction of sp³-hybridized carbons (Fsp3) is 0.444. The van der Waals surface area contributed by atoms with Crippen molar-refractivity contribution in [1.29, 1.82) is 0 Å². The first-order valence-electron chi connectivity index (χ1n) is 7.85. The summed E-state index contributed by atoms with van der Waals surface area (Å²) in [7, 11) is 0. The first-order chi connectivity index (χ1) is 10.2. The number of hydrogen-bond acceptors (Lipinski definition) is 3. The minimum absolute atomic E-state index is 0.193. The Balaban J connectivity index is 1.90. The Hall–Kier alpha value is -1.58. The third-order valence-electron chi connectivity index (χ3n) is 3.99. The smallest absolute Gasteiger partial charge is 0.124 e. The lowest BCUT2D eigenvalue weighted by atomic mass is 10.0.